The van der Waals surface area contributed by atoms with Crippen LogP contribution >= 0.6 is 0 Å². The average Bonchev–Trinajstić information content (AvgIpc) is 2.52. The highest BCUT2D eigenvalue weighted by molar-refractivity contribution is 6.77. The molecule has 0 aromatic heterocycles. The van der Waals surface area contributed by atoms with Gasteiger partial charge in [0.25, 0.3) is 0 Å². The van der Waals surface area contributed by atoms with E-state index >= 15 is 0 Å². The van der Waals surface area contributed by atoms with E-state index < -0.39 is 14.4 Å². The first kappa shape index (κ1) is 22.1. The number of benzene rings is 1. The van der Waals surface area contributed by atoms with Crippen LogP contribution in [0.3, 0.4) is 0 Å². The number of rotatable bonds is 10. The lowest BCUT2D eigenvalue weighted by atomic mass is 10.0. The van der Waals surface area contributed by atoms with Crippen molar-refractivity contribution in [1.82, 2.24) is 0 Å². The Balaban J connectivity index is 2.70. The molecular formula is C21H36O3Si. The van der Waals surface area contributed by atoms with Crippen LogP contribution in [0.4, 0.5) is 0 Å². The molecule has 3 nitrogen and oxygen atoms in total. The third-order valence-electron chi connectivity index (χ3n) is 5.23. The van der Waals surface area contributed by atoms with E-state index in [1.54, 1.807) is 0 Å². The van der Waals surface area contributed by atoms with E-state index in [2.05, 4.69) is 41.5 Å². The van der Waals surface area contributed by atoms with Crippen LogP contribution in [-0.2, 0) is 9.22 Å². The van der Waals surface area contributed by atoms with Crippen molar-refractivity contribution in [3.63, 3.8) is 0 Å². The molecule has 0 saturated heterocycles. The van der Waals surface area contributed by atoms with Crippen molar-refractivity contribution in [2.75, 3.05) is 0 Å². The molecule has 0 fully saturated rings. The predicted molar refractivity (Wildman–Crippen MR) is 107 cm³/mol. The first-order chi connectivity index (χ1) is 11.6. The van der Waals surface area contributed by atoms with E-state index in [0.717, 1.165) is 5.56 Å². The Morgan fingerprint density at radius 2 is 1.40 bits per heavy atom. The number of aliphatic hydroxyl groups is 1. The van der Waals surface area contributed by atoms with Crippen molar-refractivity contribution in [1.29, 1.82) is 0 Å². The lowest BCUT2D eigenvalue weighted by Crippen LogP contribution is -2.50. The van der Waals surface area contributed by atoms with E-state index in [9.17, 15) is 9.90 Å². The minimum absolute atomic E-state index is 0.0584. The molecule has 0 aliphatic carbocycles. The van der Waals surface area contributed by atoms with Crippen molar-refractivity contribution in [2.45, 2.75) is 90.1 Å². The molecule has 1 N–H and O–H groups in total. The van der Waals surface area contributed by atoms with Gasteiger partial charge in [0.05, 0.1) is 6.10 Å². The number of hydrogen-bond acceptors (Lipinski definition) is 3. The molecule has 0 spiro atoms. The van der Waals surface area contributed by atoms with Gasteiger partial charge < -0.3 is 9.53 Å². The zero-order valence-corrected chi connectivity index (χ0v) is 18.0. The molecule has 4 heteroatoms. The monoisotopic (exact) mass is 364 g/mol. The maximum atomic E-state index is 12.4. The van der Waals surface area contributed by atoms with Gasteiger partial charge >= 0.3 is 0 Å². The topological polar surface area (TPSA) is 46.5 Å². The third-order valence-corrected chi connectivity index (χ3v) is 11.5. The molecule has 0 amide bonds. The van der Waals surface area contributed by atoms with Crippen LogP contribution in [0.2, 0.25) is 16.6 Å². The van der Waals surface area contributed by atoms with Crippen molar-refractivity contribution >= 4 is 14.1 Å². The highest BCUT2D eigenvalue weighted by atomic mass is 28.4. The normalized spacial score (nSPS) is 15.0. The van der Waals surface area contributed by atoms with Gasteiger partial charge in [-0.3, -0.25) is 4.79 Å². The van der Waals surface area contributed by atoms with Crippen molar-refractivity contribution in [2.24, 2.45) is 0 Å². The zero-order chi connectivity index (χ0) is 19.2. The van der Waals surface area contributed by atoms with E-state index in [4.69, 9.17) is 4.43 Å². The molecule has 142 valence electrons. The molecular weight excluding hydrogens is 328 g/mol. The van der Waals surface area contributed by atoms with Gasteiger partial charge in [-0.2, -0.15) is 0 Å². The summed E-state index contributed by atoms with van der Waals surface area (Å²) in [7, 11) is -1.98. The fourth-order valence-electron chi connectivity index (χ4n) is 4.21. The van der Waals surface area contributed by atoms with Gasteiger partial charge in [0.2, 0.25) is 8.32 Å². The second kappa shape index (κ2) is 9.65. The number of carbonyl (C=O) groups is 1. The quantitative estimate of drug-likeness (QED) is 0.546. The molecule has 0 saturated carbocycles. The first-order valence-corrected chi connectivity index (χ1v) is 11.7. The summed E-state index contributed by atoms with van der Waals surface area (Å²) in [5, 5.41) is 10.2. The number of carbonyl (C=O) groups excluding carboxylic acids is 1. The van der Waals surface area contributed by atoms with Crippen LogP contribution in [0, 0.1) is 0 Å². The summed E-state index contributed by atoms with van der Waals surface area (Å²) in [6, 6.07) is 9.37. The minimum atomic E-state index is -1.98. The van der Waals surface area contributed by atoms with Gasteiger partial charge in [0.15, 0.2) is 0 Å². The fraction of sp³-hybridized carbons (Fsp3) is 0.667. The smallest absolute Gasteiger partial charge is 0.200 e. The lowest BCUT2D eigenvalue weighted by Gasteiger charge is -2.44. The molecule has 0 heterocycles. The lowest BCUT2D eigenvalue weighted by molar-refractivity contribution is -0.122. The average molecular weight is 365 g/mol. The van der Waals surface area contributed by atoms with Crippen molar-refractivity contribution in [3.8, 4) is 0 Å². The van der Waals surface area contributed by atoms with E-state index in [1.807, 2.05) is 37.3 Å². The molecule has 0 aliphatic heterocycles. The molecule has 0 bridgehead atoms. The van der Waals surface area contributed by atoms with Crippen LogP contribution in [-0.4, -0.2) is 25.3 Å². The van der Waals surface area contributed by atoms with E-state index in [0.29, 0.717) is 23.0 Å². The SMILES string of the molecule is CC(C)[Si](O[C@@H](C)CC(=O)C[C@H](O)c1ccccc1)(C(C)C)C(C)C. The highest BCUT2D eigenvalue weighted by Crippen LogP contribution is 2.43. The Bertz CT molecular complexity index is 503. The summed E-state index contributed by atoms with van der Waals surface area (Å²) in [5.74, 6) is 0.0584. The number of aliphatic hydroxyl groups excluding tert-OH is 1. The summed E-state index contributed by atoms with van der Waals surface area (Å²) in [5.41, 5.74) is 2.29. The Labute approximate surface area is 154 Å². The summed E-state index contributed by atoms with van der Waals surface area (Å²) in [6.45, 7) is 15.5. The number of hydrogen-bond donors (Lipinski definition) is 1. The Hall–Kier alpha value is -0.973. The van der Waals surface area contributed by atoms with Crippen LogP contribution in [0.1, 0.15) is 73.0 Å². The van der Waals surface area contributed by atoms with Crippen molar-refractivity contribution < 1.29 is 14.3 Å². The summed E-state index contributed by atoms with van der Waals surface area (Å²) in [4.78, 5) is 12.4. The molecule has 25 heavy (non-hydrogen) atoms. The minimum Gasteiger partial charge on any atom is -0.413 e. The summed E-state index contributed by atoms with van der Waals surface area (Å²) < 4.78 is 6.62. The van der Waals surface area contributed by atoms with E-state index in [1.165, 1.54) is 0 Å². The Morgan fingerprint density at radius 1 is 0.920 bits per heavy atom. The first-order valence-electron chi connectivity index (χ1n) is 9.53. The maximum absolute atomic E-state index is 12.4. The molecule has 1 rings (SSSR count). The van der Waals surface area contributed by atoms with Gasteiger partial charge in [-0.25, -0.2) is 0 Å². The van der Waals surface area contributed by atoms with Gasteiger partial charge in [0.1, 0.15) is 5.78 Å². The van der Waals surface area contributed by atoms with Crippen molar-refractivity contribution in [3.05, 3.63) is 35.9 Å². The number of Topliss-reactive ketones (excluding diaryl/α,β-unsaturated/α-hetero) is 1. The number of ketones is 1. The van der Waals surface area contributed by atoms with Gasteiger partial charge in [-0.15, -0.1) is 0 Å². The van der Waals surface area contributed by atoms with Crippen LogP contribution in [0.15, 0.2) is 30.3 Å². The largest absolute Gasteiger partial charge is 0.413 e. The maximum Gasteiger partial charge on any atom is 0.200 e. The molecule has 0 unspecified atom stereocenters. The van der Waals surface area contributed by atoms with Crippen LogP contribution < -0.4 is 0 Å². The molecule has 1 aromatic carbocycles. The van der Waals surface area contributed by atoms with Gasteiger partial charge in [0, 0.05) is 18.9 Å². The molecule has 0 radical (unpaired) electrons. The van der Waals surface area contributed by atoms with E-state index in [-0.39, 0.29) is 18.3 Å². The molecule has 1 aromatic rings. The van der Waals surface area contributed by atoms with Gasteiger partial charge in [-0.1, -0.05) is 71.9 Å². The Morgan fingerprint density at radius 3 is 1.84 bits per heavy atom. The molecule has 0 aliphatic rings. The second-order valence-corrected chi connectivity index (χ2v) is 13.5. The second-order valence-electron chi connectivity index (χ2n) is 8.12. The summed E-state index contributed by atoms with van der Waals surface area (Å²) in [6.07, 6.45) is -0.320. The fourth-order valence-corrected chi connectivity index (χ4v) is 9.81. The highest BCUT2D eigenvalue weighted by Gasteiger charge is 2.46. The van der Waals surface area contributed by atoms with Crippen LogP contribution in [0.25, 0.3) is 0 Å². The third kappa shape index (κ3) is 5.76. The standard InChI is InChI=1S/C21H36O3Si/c1-15(2)25(16(3)4,17(5)6)24-18(7)13-20(22)14-21(23)19-11-9-8-10-12-19/h8-12,15-18,21,23H,13-14H2,1-7H3/t18-,21-/m0/s1. The summed E-state index contributed by atoms with van der Waals surface area (Å²) >= 11 is 0. The Kier molecular flexibility index (Phi) is 8.52. The van der Waals surface area contributed by atoms with Gasteiger partial charge in [-0.05, 0) is 29.1 Å². The zero-order valence-electron chi connectivity index (χ0n) is 17.0. The predicted octanol–water partition coefficient (Wildman–Crippen LogP) is 5.65. The molecule has 2 atom stereocenters. The van der Waals surface area contributed by atoms with Crippen LogP contribution in [0.5, 0.6) is 0 Å².